The van der Waals surface area contributed by atoms with Gasteiger partial charge in [-0.25, -0.2) is 8.42 Å². The van der Waals surface area contributed by atoms with Crippen molar-refractivity contribution in [2.24, 2.45) is 0 Å². The average molecular weight is 427 g/mol. The van der Waals surface area contributed by atoms with E-state index >= 15 is 0 Å². The number of nitro benzene ring substituents is 1. The van der Waals surface area contributed by atoms with Crippen LogP contribution in [0.1, 0.15) is 18.6 Å². The lowest BCUT2D eigenvalue weighted by molar-refractivity contribution is -0.386. The molecular formula is C18H19ClN2O6S. The fourth-order valence-electron chi connectivity index (χ4n) is 2.89. The molecule has 2 aromatic carbocycles. The number of hydrogen-bond donors (Lipinski definition) is 0. The second-order valence-corrected chi connectivity index (χ2v) is 8.53. The van der Waals surface area contributed by atoms with Crippen LogP contribution in [0.2, 0.25) is 5.02 Å². The summed E-state index contributed by atoms with van der Waals surface area (Å²) in [7, 11) is -3.85. The van der Waals surface area contributed by atoms with E-state index in [1.807, 2.05) is 0 Å². The molecule has 0 N–H and O–H groups in total. The summed E-state index contributed by atoms with van der Waals surface area (Å²) in [5.74, 6) is -0.0293. The van der Waals surface area contributed by atoms with Crippen molar-refractivity contribution in [1.82, 2.24) is 4.31 Å². The van der Waals surface area contributed by atoms with Gasteiger partial charge in [0.2, 0.25) is 10.0 Å². The van der Waals surface area contributed by atoms with Gasteiger partial charge in [-0.2, -0.15) is 4.31 Å². The molecule has 0 radical (unpaired) electrons. The lowest BCUT2D eigenvalue weighted by atomic mass is 10.1. The Kier molecular flexibility index (Phi) is 6.19. The van der Waals surface area contributed by atoms with E-state index in [1.54, 1.807) is 31.2 Å². The largest absolute Gasteiger partial charge is 0.479 e. The minimum atomic E-state index is -3.85. The molecule has 0 amide bonds. The van der Waals surface area contributed by atoms with Crippen LogP contribution in [-0.4, -0.2) is 43.9 Å². The zero-order valence-corrected chi connectivity index (χ0v) is 16.6. The van der Waals surface area contributed by atoms with E-state index in [-0.39, 0.29) is 36.9 Å². The fourth-order valence-corrected chi connectivity index (χ4v) is 4.61. The van der Waals surface area contributed by atoms with Crippen molar-refractivity contribution in [2.75, 3.05) is 26.3 Å². The molecule has 0 aromatic heterocycles. The van der Waals surface area contributed by atoms with E-state index in [1.165, 1.54) is 16.4 Å². The van der Waals surface area contributed by atoms with Crippen LogP contribution in [0.3, 0.4) is 0 Å². The average Bonchev–Trinajstić information content (AvgIpc) is 2.69. The summed E-state index contributed by atoms with van der Waals surface area (Å²) in [6.45, 7) is 2.70. The highest BCUT2D eigenvalue weighted by atomic mass is 35.5. The van der Waals surface area contributed by atoms with E-state index in [0.717, 1.165) is 6.07 Å². The number of halogens is 1. The highest BCUT2D eigenvalue weighted by molar-refractivity contribution is 7.89. The summed E-state index contributed by atoms with van der Waals surface area (Å²) >= 11 is 6.15. The van der Waals surface area contributed by atoms with Crippen molar-refractivity contribution in [3.05, 3.63) is 63.2 Å². The number of rotatable bonds is 6. The van der Waals surface area contributed by atoms with Crippen molar-refractivity contribution in [3.8, 4) is 5.75 Å². The van der Waals surface area contributed by atoms with Gasteiger partial charge in [0.1, 0.15) is 6.10 Å². The van der Waals surface area contributed by atoms with Gasteiger partial charge in [0.15, 0.2) is 5.75 Å². The Labute approximate surface area is 167 Å². The highest BCUT2D eigenvalue weighted by Crippen LogP contribution is 2.35. The number of sulfonamides is 1. The topological polar surface area (TPSA) is 99.0 Å². The second-order valence-electron chi connectivity index (χ2n) is 6.18. The molecular weight excluding hydrogens is 408 g/mol. The maximum absolute atomic E-state index is 12.8. The lowest BCUT2D eigenvalue weighted by Crippen LogP contribution is -2.40. The quantitative estimate of drug-likeness (QED) is 0.518. The molecule has 0 aliphatic carbocycles. The van der Waals surface area contributed by atoms with Crippen molar-refractivity contribution >= 4 is 27.3 Å². The molecule has 1 heterocycles. The van der Waals surface area contributed by atoms with E-state index in [0.29, 0.717) is 10.6 Å². The Morgan fingerprint density at radius 2 is 1.89 bits per heavy atom. The van der Waals surface area contributed by atoms with Gasteiger partial charge in [-0.05, 0) is 25.1 Å². The van der Waals surface area contributed by atoms with Gasteiger partial charge in [-0.1, -0.05) is 29.8 Å². The fraction of sp³-hybridized carbons (Fsp3) is 0.333. The first kappa shape index (κ1) is 20.5. The molecule has 1 atom stereocenters. The lowest BCUT2D eigenvalue weighted by Gasteiger charge is -2.26. The zero-order valence-electron chi connectivity index (χ0n) is 15.1. The van der Waals surface area contributed by atoms with E-state index in [2.05, 4.69) is 0 Å². The summed E-state index contributed by atoms with van der Waals surface area (Å²) in [6, 6.07) is 10.7. The van der Waals surface area contributed by atoms with Gasteiger partial charge in [0.05, 0.1) is 23.0 Å². The van der Waals surface area contributed by atoms with Crippen LogP contribution in [0.5, 0.6) is 5.75 Å². The van der Waals surface area contributed by atoms with Crippen molar-refractivity contribution in [2.45, 2.75) is 17.9 Å². The van der Waals surface area contributed by atoms with Gasteiger partial charge < -0.3 is 9.47 Å². The van der Waals surface area contributed by atoms with E-state index in [9.17, 15) is 18.5 Å². The number of nitrogens with zero attached hydrogens (tertiary/aromatic N) is 2. The van der Waals surface area contributed by atoms with Crippen LogP contribution in [0.4, 0.5) is 5.69 Å². The molecule has 1 aliphatic heterocycles. The van der Waals surface area contributed by atoms with Crippen molar-refractivity contribution < 1.29 is 22.8 Å². The Morgan fingerprint density at radius 1 is 1.21 bits per heavy atom. The van der Waals surface area contributed by atoms with Gasteiger partial charge in [-0.15, -0.1) is 0 Å². The normalized spacial score (nSPS) is 16.5. The maximum atomic E-state index is 12.8. The number of ether oxygens (including phenoxy) is 2. The molecule has 150 valence electrons. The van der Waals surface area contributed by atoms with Crippen LogP contribution in [0.25, 0.3) is 0 Å². The molecule has 1 aliphatic rings. The molecule has 1 saturated heterocycles. The minimum absolute atomic E-state index is 0.0293. The van der Waals surface area contributed by atoms with Crippen LogP contribution >= 0.6 is 11.6 Å². The molecule has 8 nitrogen and oxygen atoms in total. The van der Waals surface area contributed by atoms with Gasteiger partial charge in [0, 0.05) is 29.7 Å². The minimum Gasteiger partial charge on any atom is -0.479 e. The standard InChI is InChI=1S/C18H19ClN2O6S/c1-13(15-4-2-3-5-16(15)19)27-18-7-6-14(12-17(18)21(22)23)28(24,25)20-8-10-26-11-9-20/h2-7,12-13H,8-11H2,1H3/t13-/m0/s1. The second kappa shape index (κ2) is 8.44. The molecule has 0 bridgehead atoms. The predicted molar refractivity (Wildman–Crippen MR) is 103 cm³/mol. The third kappa shape index (κ3) is 4.27. The SMILES string of the molecule is C[C@H](Oc1ccc(S(=O)(=O)N2CCOCC2)cc1[N+](=O)[O-])c1ccccc1Cl. The van der Waals surface area contributed by atoms with Gasteiger partial charge in [-0.3, -0.25) is 10.1 Å². The predicted octanol–water partition coefficient (Wildman–Crippen LogP) is 3.41. The first-order valence-electron chi connectivity index (χ1n) is 8.58. The van der Waals surface area contributed by atoms with Gasteiger partial charge >= 0.3 is 5.69 Å². The monoisotopic (exact) mass is 426 g/mol. The third-order valence-corrected chi connectivity index (χ3v) is 6.62. The Balaban J connectivity index is 1.91. The summed E-state index contributed by atoms with van der Waals surface area (Å²) < 4.78 is 37.6. The van der Waals surface area contributed by atoms with E-state index in [4.69, 9.17) is 21.1 Å². The number of morpholine rings is 1. The van der Waals surface area contributed by atoms with Crippen LogP contribution < -0.4 is 4.74 Å². The molecule has 0 unspecified atom stereocenters. The van der Waals surface area contributed by atoms with Crippen LogP contribution in [-0.2, 0) is 14.8 Å². The van der Waals surface area contributed by atoms with Crippen LogP contribution in [0.15, 0.2) is 47.4 Å². The highest BCUT2D eigenvalue weighted by Gasteiger charge is 2.29. The first-order valence-corrected chi connectivity index (χ1v) is 10.4. The van der Waals surface area contributed by atoms with Crippen molar-refractivity contribution in [1.29, 1.82) is 0 Å². The Morgan fingerprint density at radius 3 is 2.54 bits per heavy atom. The summed E-state index contributed by atoms with van der Waals surface area (Å²) in [5, 5.41) is 12.0. The Hall–Kier alpha value is -2.20. The van der Waals surface area contributed by atoms with Crippen molar-refractivity contribution in [3.63, 3.8) is 0 Å². The van der Waals surface area contributed by atoms with Gasteiger partial charge in [0.25, 0.3) is 0 Å². The van der Waals surface area contributed by atoms with Crippen LogP contribution in [0, 0.1) is 10.1 Å². The first-order chi connectivity index (χ1) is 13.3. The number of nitro groups is 1. The maximum Gasteiger partial charge on any atom is 0.312 e. The number of hydrogen-bond acceptors (Lipinski definition) is 6. The molecule has 3 rings (SSSR count). The molecule has 10 heteroatoms. The molecule has 28 heavy (non-hydrogen) atoms. The summed E-state index contributed by atoms with van der Waals surface area (Å²) in [6.07, 6.45) is -0.561. The Bertz CT molecular complexity index is 976. The number of benzene rings is 2. The smallest absolute Gasteiger partial charge is 0.312 e. The summed E-state index contributed by atoms with van der Waals surface area (Å²) in [5.41, 5.74) is 0.247. The molecule has 2 aromatic rings. The zero-order chi connectivity index (χ0) is 20.3. The molecule has 0 saturated carbocycles. The van der Waals surface area contributed by atoms with E-state index < -0.39 is 26.7 Å². The third-order valence-electron chi connectivity index (χ3n) is 4.38. The molecule has 0 spiro atoms. The molecule has 1 fully saturated rings. The summed E-state index contributed by atoms with van der Waals surface area (Å²) in [4.78, 5) is 10.7.